The van der Waals surface area contributed by atoms with E-state index in [1.807, 2.05) is 4.68 Å². The Bertz CT molecular complexity index is 692. The molecule has 132 valence electrons. The minimum absolute atomic E-state index is 0.883. The quantitative estimate of drug-likeness (QED) is 0.928. The van der Waals surface area contributed by atoms with Crippen LogP contribution >= 0.6 is 0 Å². The second kappa shape index (κ2) is 7.08. The van der Waals surface area contributed by atoms with Gasteiger partial charge in [0.15, 0.2) is 0 Å². The van der Waals surface area contributed by atoms with Crippen molar-refractivity contribution in [2.24, 2.45) is 7.05 Å². The first-order valence-corrected chi connectivity index (χ1v) is 7.39. The lowest BCUT2D eigenvalue weighted by Gasteiger charge is -2.12. The molecule has 2 aromatic rings. The molecule has 0 spiro atoms. The smallest absolute Gasteiger partial charge is 0.475 e. The molecule has 0 bridgehead atoms. The van der Waals surface area contributed by atoms with Crippen LogP contribution in [-0.4, -0.2) is 43.0 Å². The number of aromatic nitrogens is 3. The number of hydrogen-bond donors (Lipinski definition) is 1. The average Bonchev–Trinajstić information content (AvgIpc) is 3.19. The van der Waals surface area contributed by atoms with Gasteiger partial charge >= 0.3 is 12.1 Å². The largest absolute Gasteiger partial charge is 0.490 e. The van der Waals surface area contributed by atoms with Gasteiger partial charge in [0.1, 0.15) is 0 Å². The van der Waals surface area contributed by atoms with Crippen molar-refractivity contribution in [1.29, 1.82) is 0 Å². The molecule has 3 heterocycles. The number of aryl methyl sites for hydroxylation is 1. The van der Waals surface area contributed by atoms with Crippen molar-refractivity contribution < 1.29 is 23.1 Å². The van der Waals surface area contributed by atoms with Crippen molar-refractivity contribution in [3.05, 3.63) is 41.5 Å². The third-order valence-electron chi connectivity index (χ3n) is 3.80. The molecule has 0 unspecified atom stereocenters. The molecular weight excluding hydrogens is 325 g/mol. The summed E-state index contributed by atoms with van der Waals surface area (Å²) in [4.78, 5) is 11.3. The third kappa shape index (κ3) is 4.16. The van der Waals surface area contributed by atoms with Gasteiger partial charge in [-0.1, -0.05) is 6.92 Å². The second-order valence-electron chi connectivity index (χ2n) is 5.46. The van der Waals surface area contributed by atoms with Crippen LogP contribution in [0, 0.1) is 0 Å². The van der Waals surface area contributed by atoms with Crippen LogP contribution in [0.4, 0.5) is 13.2 Å². The molecular formula is C15H19F3N4O2. The number of fused-ring (bicyclic) bond motifs is 1. The molecule has 1 aliphatic rings. The van der Waals surface area contributed by atoms with Gasteiger partial charge in [-0.15, -0.1) is 0 Å². The van der Waals surface area contributed by atoms with Gasteiger partial charge in [0.05, 0.1) is 17.9 Å². The van der Waals surface area contributed by atoms with Crippen LogP contribution in [-0.2, 0) is 31.5 Å². The molecule has 0 aromatic carbocycles. The van der Waals surface area contributed by atoms with Gasteiger partial charge in [0.25, 0.3) is 0 Å². The van der Waals surface area contributed by atoms with Crippen LogP contribution in [0.1, 0.15) is 23.9 Å². The van der Waals surface area contributed by atoms with E-state index in [0.29, 0.717) is 0 Å². The zero-order valence-corrected chi connectivity index (χ0v) is 13.4. The van der Waals surface area contributed by atoms with Crippen molar-refractivity contribution in [3.8, 4) is 0 Å². The van der Waals surface area contributed by atoms with Crippen LogP contribution in [0.15, 0.2) is 24.5 Å². The van der Waals surface area contributed by atoms with Gasteiger partial charge in [0.2, 0.25) is 0 Å². The molecule has 3 rings (SSSR count). The number of aliphatic carboxylic acids is 1. The molecule has 24 heavy (non-hydrogen) atoms. The number of alkyl halides is 3. The van der Waals surface area contributed by atoms with Crippen LogP contribution in [0.3, 0.4) is 0 Å². The molecule has 6 nitrogen and oxygen atoms in total. The number of carboxylic acids is 1. The molecule has 9 heteroatoms. The summed E-state index contributed by atoms with van der Waals surface area (Å²) in [7, 11) is 2.05. The highest BCUT2D eigenvalue weighted by Gasteiger charge is 2.38. The Morgan fingerprint density at radius 1 is 1.29 bits per heavy atom. The highest BCUT2D eigenvalue weighted by Crippen LogP contribution is 2.25. The monoisotopic (exact) mass is 344 g/mol. The average molecular weight is 344 g/mol. The lowest BCUT2D eigenvalue weighted by Crippen LogP contribution is -2.21. The van der Waals surface area contributed by atoms with E-state index in [1.165, 1.54) is 17.0 Å². The summed E-state index contributed by atoms with van der Waals surface area (Å²) in [5, 5.41) is 11.8. The van der Waals surface area contributed by atoms with E-state index in [4.69, 9.17) is 9.90 Å². The number of rotatable bonds is 3. The molecule has 0 fully saturated rings. The molecule has 2 aromatic heterocycles. The predicted octanol–water partition coefficient (Wildman–Crippen LogP) is 2.24. The first-order chi connectivity index (χ1) is 11.2. The fraction of sp³-hybridized carbons (Fsp3) is 0.467. The topological polar surface area (TPSA) is 63.3 Å². The second-order valence-corrected chi connectivity index (χ2v) is 5.46. The van der Waals surface area contributed by atoms with Crippen molar-refractivity contribution in [1.82, 2.24) is 19.2 Å². The van der Waals surface area contributed by atoms with Gasteiger partial charge in [-0.3, -0.25) is 9.58 Å². The summed E-state index contributed by atoms with van der Waals surface area (Å²) in [5.74, 6) is -2.76. The maximum Gasteiger partial charge on any atom is 0.490 e. The summed E-state index contributed by atoms with van der Waals surface area (Å²) in [6, 6.07) is 4.11. The Hall–Kier alpha value is -2.29. The molecule has 0 atom stereocenters. The maximum atomic E-state index is 10.6. The highest BCUT2D eigenvalue weighted by atomic mass is 19.4. The third-order valence-corrected chi connectivity index (χ3v) is 3.80. The van der Waals surface area contributed by atoms with Gasteiger partial charge < -0.3 is 9.67 Å². The summed E-state index contributed by atoms with van der Waals surface area (Å²) in [5.41, 5.74) is 4.03. The van der Waals surface area contributed by atoms with Crippen LogP contribution < -0.4 is 0 Å². The lowest BCUT2D eigenvalue weighted by molar-refractivity contribution is -0.192. The molecule has 0 aliphatic carbocycles. The van der Waals surface area contributed by atoms with E-state index in [1.54, 1.807) is 0 Å². The minimum Gasteiger partial charge on any atom is -0.475 e. The van der Waals surface area contributed by atoms with E-state index in [-0.39, 0.29) is 0 Å². The normalized spacial score (nSPS) is 14.2. The number of carboxylic acid groups (broad SMARTS) is 1. The molecule has 0 amide bonds. The number of hydrogen-bond acceptors (Lipinski definition) is 3. The van der Waals surface area contributed by atoms with Gasteiger partial charge in [-0.2, -0.15) is 18.3 Å². The highest BCUT2D eigenvalue weighted by molar-refractivity contribution is 5.73. The Kier molecular flexibility index (Phi) is 5.33. The van der Waals surface area contributed by atoms with E-state index in [2.05, 4.69) is 53.1 Å². The van der Waals surface area contributed by atoms with E-state index >= 15 is 0 Å². The maximum absolute atomic E-state index is 10.6. The minimum atomic E-state index is -5.08. The first kappa shape index (κ1) is 18.1. The van der Waals surface area contributed by atoms with Gasteiger partial charge in [0, 0.05) is 38.1 Å². The predicted molar refractivity (Wildman–Crippen MR) is 80.2 cm³/mol. The van der Waals surface area contributed by atoms with Crippen molar-refractivity contribution >= 4 is 5.97 Å². The summed E-state index contributed by atoms with van der Waals surface area (Å²) >= 11 is 0. The van der Waals surface area contributed by atoms with Crippen molar-refractivity contribution in [3.63, 3.8) is 0 Å². The molecule has 1 aliphatic heterocycles. The summed E-state index contributed by atoms with van der Waals surface area (Å²) in [6.07, 6.45) is -0.902. The van der Waals surface area contributed by atoms with E-state index < -0.39 is 12.1 Å². The van der Waals surface area contributed by atoms with Gasteiger partial charge in [-0.25, -0.2) is 4.79 Å². The number of nitrogens with zero attached hydrogens (tertiary/aromatic N) is 4. The lowest BCUT2D eigenvalue weighted by atomic mass is 10.2. The molecule has 0 saturated carbocycles. The number of halogens is 3. The van der Waals surface area contributed by atoms with E-state index in [0.717, 1.165) is 26.2 Å². The molecule has 0 radical (unpaired) electrons. The van der Waals surface area contributed by atoms with Crippen molar-refractivity contribution in [2.75, 3.05) is 6.54 Å². The van der Waals surface area contributed by atoms with Gasteiger partial charge in [-0.05, 0) is 18.7 Å². The SMILES string of the molecule is CCN1Cc2c(Cn3cccc3)nn(C)c2C1.O=C(O)C(F)(F)F. The summed E-state index contributed by atoms with van der Waals surface area (Å²) in [6.45, 7) is 6.30. The van der Waals surface area contributed by atoms with Crippen LogP contribution in [0.25, 0.3) is 0 Å². The van der Waals surface area contributed by atoms with Crippen LogP contribution in [0.5, 0.6) is 0 Å². The Balaban J connectivity index is 0.000000256. The number of carbonyl (C=O) groups is 1. The Morgan fingerprint density at radius 2 is 1.88 bits per heavy atom. The first-order valence-electron chi connectivity index (χ1n) is 7.39. The fourth-order valence-corrected chi connectivity index (χ4v) is 2.53. The zero-order valence-electron chi connectivity index (χ0n) is 13.4. The molecule has 1 N–H and O–H groups in total. The Morgan fingerprint density at radius 3 is 2.38 bits per heavy atom. The summed E-state index contributed by atoms with van der Waals surface area (Å²) < 4.78 is 36.0. The molecule has 0 saturated heterocycles. The van der Waals surface area contributed by atoms with E-state index in [9.17, 15) is 13.2 Å². The van der Waals surface area contributed by atoms with Crippen LogP contribution in [0.2, 0.25) is 0 Å². The fourth-order valence-electron chi connectivity index (χ4n) is 2.53. The Labute approximate surface area is 137 Å². The van der Waals surface area contributed by atoms with Crippen molar-refractivity contribution in [2.45, 2.75) is 32.7 Å². The zero-order chi connectivity index (χ0) is 17.9. The standard InChI is InChI=1S/C13H18N4.C2HF3O2/c1-3-16-8-11-12(9-17-6-4-5-7-17)14-15(2)13(11)10-16;3-2(4,5)1(6)7/h4-7H,3,8-10H2,1-2H3;(H,6,7).